The Kier molecular flexibility index (Phi) is 13.5. The van der Waals surface area contributed by atoms with Crippen molar-refractivity contribution in [3.8, 4) is 11.5 Å². The van der Waals surface area contributed by atoms with Crippen LogP contribution in [0, 0.1) is 0 Å². The monoisotopic (exact) mass is 439 g/mol. The van der Waals surface area contributed by atoms with Crippen LogP contribution < -0.4 is 0 Å². The fourth-order valence-corrected chi connectivity index (χ4v) is 4.15. The molecule has 1 aromatic carbocycles. The predicted molar refractivity (Wildman–Crippen MR) is 122 cm³/mol. The van der Waals surface area contributed by atoms with Gasteiger partial charge < -0.3 is 14.8 Å². The lowest BCUT2D eigenvalue weighted by molar-refractivity contribution is 0.426. The van der Waals surface area contributed by atoms with Gasteiger partial charge in [-0.15, -0.1) is 0 Å². The van der Waals surface area contributed by atoms with Crippen molar-refractivity contribution in [2.24, 2.45) is 0 Å². The maximum absolute atomic E-state index is 11.0. The quantitative estimate of drug-likeness (QED) is 0.156. The number of hydrogen-bond acceptors (Lipinski definition) is 5. The van der Waals surface area contributed by atoms with E-state index in [1.807, 2.05) is 6.08 Å². The molecule has 0 bridgehead atoms. The maximum Gasteiger partial charge on any atom is 0.133 e. The van der Waals surface area contributed by atoms with Gasteiger partial charge in [-0.2, -0.15) is 0 Å². The summed E-state index contributed by atoms with van der Waals surface area (Å²) >= 11 is 0. The second kappa shape index (κ2) is 15.3. The van der Waals surface area contributed by atoms with E-state index in [2.05, 4.69) is 6.92 Å². The van der Waals surface area contributed by atoms with E-state index in [0.29, 0.717) is 5.56 Å². The summed E-state index contributed by atoms with van der Waals surface area (Å²) in [7, 11) is -4.81. The van der Waals surface area contributed by atoms with Gasteiger partial charge in [0, 0.05) is 11.6 Å². The summed E-state index contributed by atoms with van der Waals surface area (Å²) in [4.78, 5) is -0.802. The number of aromatic hydroxyl groups is 2. The molecule has 5 nitrogen and oxygen atoms in total. The fraction of sp³-hybridized carbons (Fsp3) is 0.667. The summed E-state index contributed by atoms with van der Waals surface area (Å²) in [5.74, 6) is -0.974. The molecule has 0 saturated carbocycles. The number of rotatable bonds is 17. The molecular weight excluding hydrogens is 400 g/mol. The van der Waals surface area contributed by atoms with E-state index in [1.54, 1.807) is 6.08 Å². The average molecular weight is 440 g/mol. The van der Waals surface area contributed by atoms with E-state index in [-0.39, 0.29) is 5.75 Å². The minimum atomic E-state index is -4.81. The van der Waals surface area contributed by atoms with Crippen LogP contribution in [0.5, 0.6) is 11.5 Å². The van der Waals surface area contributed by atoms with Gasteiger partial charge in [0.2, 0.25) is 0 Å². The molecule has 0 aliphatic carbocycles. The number of hydrogen-bond donors (Lipinski definition) is 2. The summed E-state index contributed by atoms with van der Waals surface area (Å²) in [5.41, 5.74) is 0.297. The molecule has 2 N–H and O–H groups in total. The molecule has 0 radical (unpaired) electrons. The Morgan fingerprint density at radius 1 is 0.767 bits per heavy atom. The van der Waals surface area contributed by atoms with Gasteiger partial charge in [-0.05, 0) is 18.9 Å². The van der Waals surface area contributed by atoms with Crippen LogP contribution in [0.15, 0.2) is 23.1 Å². The topological polar surface area (TPSA) is 97.7 Å². The first-order valence-corrected chi connectivity index (χ1v) is 13.0. The second-order valence-electron chi connectivity index (χ2n) is 8.12. The first-order chi connectivity index (χ1) is 14.4. The van der Waals surface area contributed by atoms with E-state index in [4.69, 9.17) is 0 Å². The fourth-order valence-electron chi connectivity index (χ4n) is 3.57. The first kappa shape index (κ1) is 26.5. The molecule has 0 aromatic heterocycles. The van der Waals surface area contributed by atoms with Crippen molar-refractivity contribution in [2.75, 3.05) is 0 Å². The van der Waals surface area contributed by atoms with Crippen molar-refractivity contribution in [2.45, 2.75) is 108 Å². The molecule has 1 aromatic rings. The van der Waals surface area contributed by atoms with E-state index >= 15 is 0 Å². The molecule has 6 heteroatoms. The summed E-state index contributed by atoms with van der Waals surface area (Å²) in [5, 5.41) is 19.5. The third-order valence-electron chi connectivity index (χ3n) is 5.40. The van der Waals surface area contributed by atoms with Gasteiger partial charge in [-0.1, -0.05) is 103 Å². The van der Waals surface area contributed by atoms with Gasteiger partial charge in [-0.25, -0.2) is 8.42 Å². The van der Waals surface area contributed by atoms with Crippen LogP contribution in [0.25, 0.3) is 6.08 Å². The van der Waals surface area contributed by atoms with Crippen molar-refractivity contribution in [3.63, 3.8) is 0 Å². The molecule has 0 fully saturated rings. The van der Waals surface area contributed by atoms with Gasteiger partial charge in [0.15, 0.2) is 0 Å². The zero-order valence-electron chi connectivity index (χ0n) is 18.4. The van der Waals surface area contributed by atoms with Gasteiger partial charge >= 0.3 is 0 Å². The molecule has 30 heavy (non-hydrogen) atoms. The molecule has 172 valence electrons. The molecule has 0 heterocycles. The molecule has 0 spiro atoms. The minimum absolute atomic E-state index is 0.297. The maximum atomic E-state index is 11.0. The SMILES string of the molecule is CCCCCCCCCCCCCCCC/C=C\c1cc(O)c(S(=O)(=O)[O-])cc1O. The average Bonchev–Trinajstić information content (AvgIpc) is 2.69. The zero-order valence-corrected chi connectivity index (χ0v) is 19.3. The molecule has 0 unspecified atom stereocenters. The molecule has 0 aliphatic heterocycles. The Morgan fingerprint density at radius 3 is 1.70 bits per heavy atom. The Morgan fingerprint density at radius 2 is 1.23 bits per heavy atom. The van der Waals surface area contributed by atoms with Gasteiger partial charge in [0.1, 0.15) is 21.6 Å². The predicted octanol–water partition coefficient (Wildman–Crippen LogP) is 6.89. The van der Waals surface area contributed by atoms with Crippen LogP contribution in [0.4, 0.5) is 0 Å². The molecule has 0 saturated heterocycles. The minimum Gasteiger partial charge on any atom is -0.744 e. The van der Waals surface area contributed by atoms with Crippen LogP contribution in [-0.2, 0) is 10.1 Å². The number of phenols is 2. The highest BCUT2D eigenvalue weighted by molar-refractivity contribution is 7.85. The van der Waals surface area contributed by atoms with Crippen LogP contribution in [0.1, 0.15) is 109 Å². The van der Waals surface area contributed by atoms with E-state index in [1.165, 1.54) is 77.0 Å². The van der Waals surface area contributed by atoms with Crippen molar-refractivity contribution in [1.82, 2.24) is 0 Å². The van der Waals surface area contributed by atoms with Crippen molar-refractivity contribution in [1.29, 1.82) is 0 Å². The number of benzene rings is 1. The summed E-state index contributed by atoms with van der Waals surface area (Å²) in [6.07, 6.45) is 22.8. The Bertz CT molecular complexity index is 725. The Balaban J connectivity index is 2.07. The number of phenolic OH excluding ortho intramolecular Hbond substituents is 2. The first-order valence-electron chi connectivity index (χ1n) is 11.5. The van der Waals surface area contributed by atoms with Crippen LogP contribution in [0.2, 0.25) is 0 Å². The number of allylic oxidation sites excluding steroid dienone is 1. The summed E-state index contributed by atoms with van der Waals surface area (Å²) < 4.78 is 33.0. The van der Waals surface area contributed by atoms with E-state index < -0.39 is 20.8 Å². The van der Waals surface area contributed by atoms with Crippen LogP contribution in [0.3, 0.4) is 0 Å². The highest BCUT2D eigenvalue weighted by Crippen LogP contribution is 2.31. The van der Waals surface area contributed by atoms with Gasteiger partial charge in [-0.3, -0.25) is 0 Å². The summed E-state index contributed by atoms with van der Waals surface area (Å²) in [6, 6.07) is 1.89. The lowest BCUT2D eigenvalue weighted by Crippen LogP contribution is -1.99. The largest absolute Gasteiger partial charge is 0.744 e. The van der Waals surface area contributed by atoms with Crippen LogP contribution >= 0.6 is 0 Å². The van der Waals surface area contributed by atoms with Crippen molar-refractivity contribution >= 4 is 16.2 Å². The van der Waals surface area contributed by atoms with Crippen molar-refractivity contribution in [3.05, 3.63) is 23.8 Å². The third kappa shape index (κ3) is 11.6. The lowest BCUT2D eigenvalue weighted by atomic mass is 10.0. The second-order valence-corrected chi connectivity index (χ2v) is 9.47. The standard InChI is InChI=1S/C24H40O5S/c1-2-3-4-5-6-7-8-9-10-11-12-13-14-15-16-17-18-21-19-23(26)24(20-22(21)25)30(27,28)29/h17-20,25-26H,2-16H2,1H3,(H,27,28,29)/p-1/b18-17-. The molecular formula is C24H39O5S-. The van der Waals surface area contributed by atoms with Gasteiger partial charge in [0.25, 0.3) is 0 Å². The summed E-state index contributed by atoms with van der Waals surface area (Å²) in [6.45, 7) is 2.25. The normalized spacial score (nSPS) is 12.1. The molecule has 0 atom stereocenters. The number of unbranched alkanes of at least 4 members (excludes halogenated alkanes) is 14. The third-order valence-corrected chi connectivity index (χ3v) is 6.27. The molecule has 1 rings (SSSR count). The van der Waals surface area contributed by atoms with E-state index in [9.17, 15) is 23.2 Å². The molecule has 0 aliphatic rings. The van der Waals surface area contributed by atoms with Crippen LogP contribution in [-0.4, -0.2) is 23.2 Å². The van der Waals surface area contributed by atoms with E-state index in [0.717, 1.165) is 31.4 Å². The smallest absolute Gasteiger partial charge is 0.133 e. The molecule has 0 amide bonds. The highest BCUT2D eigenvalue weighted by Gasteiger charge is 2.12. The van der Waals surface area contributed by atoms with Crippen molar-refractivity contribution < 1.29 is 23.2 Å². The Hall–Kier alpha value is -1.53. The highest BCUT2D eigenvalue weighted by atomic mass is 32.2. The zero-order chi connectivity index (χ0) is 22.2. The van der Waals surface area contributed by atoms with Gasteiger partial charge in [0.05, 0.1) is 4.90 Å². The lowest BCUT2D eigenvalue weighted by Gasteiger charge is -2.11. The Labute approximate surface area is 183 Å².